The minimum absolute atomic E-state index is 0.206. The number of hydrogen-bond donors (Lipinski definition) is 1. The summed E-state index contributed by atoms with van der Waals surface area (Å²) in [5.41, 5.74) is 6.35. The van der Waals surface area contributed by atoms with Crippen molar-refractivity contribution in [2.24, 2.45) is 7.05 Å². The second kappa shape index (κ2) is 6.23. The van der Waals surface area contributed by atoms with Crippen LogP contribution in [-0.4, -0.2) is 16.3 Å². The summed E-state index contributed by atoms with van der Waals surface area (Å²) in [5.74, 6) is 0. The van der Waals surface area contributed by atoms with Gasteiger partial charge in [-0.25, -0.2) is 0 Å². The summed E-state index contributed by atoms with van der Waals surface area (Å²) in [7, 11) is 2.03. The van der Waals surface area contributed by atoms with Gasteiger partial charge in [0, 0.05) is 7.05 Å². The van der Waals surface area contributed by atoms with Gasteiger partial charge in [0.25, 0.3) is 0 Å². The van der Waals surface area contributed by atoms with Crippen molar-refractivity contribution in [3.8, 4) is 0 Å². The van der Waals surface area contributed by atoms with Gasteiger partial charge in [0.15, 0.2) is 0 Å². The molecule has 0 saturated heterocycles. The first-order chi connectivity index (χ1) is 9.56. The molecule has 0 saturated carbocycles. The molecule has 1 aromatic carbocycles. The molecule has 20 heavy (non-hydrogen) atoms. The van der Waals surface area contributed by atoms with E-state index in [2.05, 4.69) is 62.4 Å². The van der Waals surface area contributed by atoms with Crippen LogP contribution in [0.5, 0.6) is 0 Å². The Morgan fingerprint density at radius 3 is 2.45 bits per heavy atom. The highest BCUT2D eigenvalue weighted by atomic mass is 15.3. The van der Waals surface area contributed by atoms with Gasteiger partial charge in [-0.3, -0.25) is 4.68 Å². The first kappa shape index (κ1) is 14.8. The van der Waals surface area contributed by atoms with E-state index in [4.69, 9.17) is 0 Å². The summed E-state index contributed by atoms with van der Waals surface area (Å²) in [4.78, 5) is 0. The molecule has 0 spiro atoms. The topological polar surface area (TPSA) is 29.9 Å². The first-order valence-electron chi connectivity index (χ1n) is 7.40. The molecule has 1 N–H and O–H groups in total. The second-order valence-corrected chi connectivity index (χ2v) is 5.37. The largest absolute Gasteiger partial charge is 0.305 e. The fourth-order valence-corrected chi connectivity index (χ4v) is 2.53. The van der Waals surface area contributed by atoms with Crippen LogP contribution < -0.4 is 5.32 Å². The normalized spacial score (nSPS) is 12.7. The Bertz CT molecular complexity index is 584. The zero-order chi connectivity index (χ0) is 14.7. The smallest absolute Gasteiger partial charge is 0.0748 e. The highest BCUT2D eigenvalue weighted by Gasteiger charge is 2.18. The van der Waals surface area contributed by atoms with Crippen molar-refractivity contribution in [1.82, 2.24) is 15.1 Å². The Kier molecular flexibility index (Phi) is 4.61. The molecule has 2 aromatic rings. The van der Waals surface area contributed by atoms with E-state index in [0.717, 1.165) is 18.7 Å². The third-order valence-corrected chi connectivity index (χ3v) is 3.90. The van der Waals surface area contributed by atoms with Gasteiger partial charge in [-0.05, 0) is 49.6 Å². The van der Waals surface area contributed by atoms with Crippen molar-refractivity contribution in [3.63, 3.8) is 0 Å². The summed E-state index contributed by atoms with van der Waals surface area (Å²) in [5, 5.41) is 8.15. The summed E-state index contributed by atoms with van der Waals surface area (Å²) in [6, 6.07) is 9.11. The predicted octanol–water partition coefficient (Wildman–Crippen LogP) is 3.30. The maximum atomic E-state index is 4.57. The number of aryl methyl sites for hydroxylation is 4. The average Bonchev–Trinajstić information content (AvgIpc) is 2.80. The molecule has 1 aromatic heterocycles. The van der Waals surface area contributed by atoms with Crippen LogP contribution >= 0.6 is 0 Å². The van der Waals surface area contributed by atoms with Crippen LogP contribution in [0.3, 0.4) is 0 Å². The summed E-state index contributed by atoms with van der Waals surface area (Å²) < 4.78 is 2.00. The molecule has 0 amide bonds. The number of benzene rings is 1. The van der Waals surface area contributed by atoms with Crippen LogP contribution in [0.15, 0.2) is 24.3 Å². The van der Waals surface area contributed by atoms with Gasteiger partial charge in [0.05, 0.1) is 17.4 Å². The summed E-state index contributed by atoms with van der Waals surface area (Å²) >= 11 is 0. The van der Waals surface area contributed by atoms with E-state index in [-0.39, 0.29) is 6.04 Å². The van der Waals surface area contributed by atoms with E-state index in [9.17, 15) is 0 Å². The van der Waals surface area contributed by atoms with Crippen LogP contribution in [0.25, 0.3) is 0 Å². The van der Waals surface area contributed by atoms with Gasteiger partial charge in [-0.2, -0.15) is 5.10 Å². The molecule has 3 nitrogen and oxygen atoms in total. The number of nitrogens with zero attached hydrogens (tertiary/aromatic N) is 2. The van der Waals surface area contributed by atoms with Crippen molar-refractivity contribution in [2.75, 3.05) is 6.54 Å². The zero-order valence-corrected chi connectivity index (χ0v) is 13.2. The van der Waals surface area contributed by atoms with Gasteiger partial charge < -0.3 is 5.32 Å². The van der Waals surface area contributed by atoms with Crippen LogP contribution in [0.2, 0.25) is 0 Å². The molecule has 1 atom stereocenters. The van der Waals surface area contributed by atoms with Crippen LogP contribution in [0.4, 0.5) is 0 Å². The Labute approximate surface area is 122 Å². The molecule has 1 unspecified atom stereocenters. The Hall–Kier alpha value is -1.61. The lowest BCUT2D eigenvalue weighted by atomic mass is 9.98. The molecule has 0 fully saturated rings. The van der Waals surface area contributed by atoms with Crippen LogP contribution in [0.1, 0.15) is 48.0 Å². The molecule has 0 aliphatic rings. The Morgan fingerprint density at radius 2 is 1.90 bits per heavy atom. The van der Waals surface area contributed by atoms with Gasteiger partial charge >= 0.3 is 0 Å². The van der Waals surface area contributed by atoms with E-state index in [1.165, 1.54) is 22.4 Å². The number of hydrogen-bond acceptors (Lipinski definition) is 2. The van der Waals surface area contributed by atoms with Gasteiger partial charge in [0.2, 0.25) is 0 Å². The third kappa shape index (κ3) is 2.93. The maximum Gasteiger partial charge on any atom is 0.0748 e. The summed E-state index contributed by atoms with van der Waals surface area (Å²) in [6.45, 7) is 9.54. The molecular formula is C17H25N3. The molecule has 0 radical (unpaired) electrons. The zero-order valence-electron chi connectivity index (χ0n) is 13.2. The fraction of sp³-hybridized carbons (Fsp3) is 0.471. The number of rotatable bonds is 5. The van der Waals surface area contributed by atoms with Crippen molar-refractivity contribution >= 4 is 0 Å². The monoisotopic (exact) mass is 271 g/mol. The Balaban J connectivity index is 2.44. The lowest BCUT2D eigenvalue weighted by molar-refractivity contribution is 0.571. The number of aromatic nitrogens is 2. The first-order valence-corrected chi connectivity index (χ1v) is 7.40. The highest BCUT2D eigenvalue weighted by Crippen LogP contribution is 2.24. The second-order valence-electron chi connectivity index (χ2n) is 5.37. The van der Waals surface area contributed by atoms with Crippen LogP contribution in [0, 0.1) is 13.8 Å². The minimum Gasteiger partial charge on any atom is -0.305 e. The predicted molar refractivity (Wildman–Crippen MR) is 84.0 cm³/mol. The van der Waals surface area contributed by atoms with Gasteiger partial charge in [-0.1, -0.05) is 32.0 Å². The van der Waals surface area contributed by atoms with Gasteiger partial charge in [0.1, 0.15) is 0 Å². The molecule has 3 heteroatoms. The molecule has 1 heterocycles. The minimum atomic E-state index is 0.206. The number of nitrogens with one attached hydrogen (secondary N) is 1. The molecule has 0 bridgehead atoms. The fourth-order valence-electron chi connectivity index (χ4n) is 2.53. The van der Waals surface area contributed by atoms with Crippen molar-refractivity contribution in [3.05, 3.63) is 52.3 Å². The lowest BCUT2D eigenvalue weighted by Gasteiger charge is -2.19. The summed E-state index contributed by atoms with van der Waals surface area (Å²) in [6.07, 6.45) is 0.972. The van der Waals surface area contributed by atoms with Gasteiger partial charge in [-0.15, -0.1) is 0 Å². The molecule has 0 aliphatic carbocycles. The quantitative estimate of drug-likeness (QED) is 0.904. The van der Waals surface area contributed by atoms with E-state index in [1.54, 1.807) is 0 Å². The molecule has 0 aliphatic heterocycles. The highest BCUT2D eigenvalue weighted by molar-refractivity contribution is 5.35. The van der Waals surface area contributed by atoms with Crippen LogP contribution in [-0.2, 0) is 13.5 Å². The average molecular weight is 271 g/mol. The SMILES string of the molecule is CCNC(c1ccc(C)c(C)c1)c1cc(CC)nn1C. The molecular weight excluding hydrogens is 246 g/mol. The lowest BCUT2D eigenvalue weighted by Crippen LogP contribution is -2.24. The van der Waals surface area contributed by atoms with E-state index in [0.29, 0.717) is 0 Å². The van der Waals surface area contributed by atoms with E-state index in [1.807, 2.05) is 11.7 Å². The van der Waals surface area contributed by atoms with E-state index >= 15 is 0 Å². The maximum absolute atomic E-state index is 4.57. The van der Waals surface area contributed by atoms with Crippen molar-refractivity contribution < 1.29 is 0 Å². The van der Waals surface area contributed by atoms with Crippen molar-refractivity contribution in [2.45, 2.75) is 40.2 Å². The molecule has 108 valence electrons. The standard InChI is InChI=1S/C17H25N3/c1-6-15-11-16(20(5)19-15)17(18-7-2)14-9-8-12(3)13(4)10-14/h8-11,17-18H,6-7H2,1-5H3. The third-order valence-electron chi connectivity index (χ3n) is 3.90. The Morgan fingerprint density at radius 1 is 1.15 bits per heavy atom. The molecule has 2 rings (SSSR count). The van der Waals surface area contributed by atoms with E-state index < -0.39 is 0 Å². The van der Waals surface area contributed by atoms with Crippen molar-refractivity contribution in [1.29, 1.82) is 0 Å².